The third-order valence-electron chi connectivity index (χ3n) is 2.41. The first kappa shape index (κ1) is 13.7. The Morgan fingerprint density at radius 3 is 2.65 bits per heavy atom. The predicted octanol–water partition coefficient (Wildman–Crippen LogP) is -1.76. The van der Waals surface area contributed by atoms with E-state index in [0.717, 1.165) is 0 Å². The molecule has 0 bridgehead atoms. The number of hydrogen-bond acceptors (Lipinski definition) is 6. The molecule has 0 aromatic carbocycles. The van der Waals surface area contributed by atoms with Gasteiger partial charge < -0.3 is 25.4 Å². The lowest BCUT2D eigenvalue weighted by molar-refractivity contribution is -0.244. The third kappa shape index (κ3) is 3.29. The maximum Gasteiger partial charge on any atom is 0.217 e. The van der Waals surface area contributed by atoms with E-state index in [2.05, 4.69) is 15.3 Å². The summed E-state index contributed by atoms with van der Waals surface area (Å²) in [7, 11) is 0. The summed E-state index contributed by atoms with van der Waals surface area (Å²) in [5.74, 6) is -0.475. The first-order chi connectivity index (χ1) is 7.97. The van der Waals surface area contributed by atoms with Gasteiger partial charge in [0.25, 0.3) is 0 Å². The van der Waals surface area contributed by atoms with E-state index in [1.54, 1.807) is 0 Å². The zero-order valence-corrected chi connectivity index (χ0v) is 9.09. The molecule has 1 heterocycles. The molecule has 0 aliphatic carbocycles. The summed E-state index contributed by atoms with van der Waals surface area (Å²) in [6.07, 6.45) is -5.25. The minimum absolute atomic E-state index is 0.224. The molecule has 0 spiro atoms. The second-order valence-corrected chi connectivity index (χ2v) is 3.69. The van der Waals surface area contributed by atoms with Gasteiger partial charge in [0.15, 0.2) is 6.29 Å². The van der Waals surface area contributed by atoms with Crippen LogP contribution in [0.3, 0.4) is 0 Å². The monoisotopic (exact) mass is 246 g/mol. The van der Waals surface area contributed by atoms with E-state index in [1.807, 2.05) is 0 Å². The van der Waals surface area contributed by atoms with E-state index in [0.29, 0.717) is 0 Å². The highest BCUT2D eigenvalue weighted by atomic mass is 16.6. The number of ether oxygens (including phenoxy) is 1. The Hall–Kier alpha value is -1.38. The first-order valence-corrected chi connectivity index (χ1v) is 4.95. The second-order valence-electron chi connectivity index (χ2n) is 3.69. The summed E-state index contributed by atoms with van der Waals surface area (Å²) in [5, 5.41) is 34.3. The fraction of sp³-hybridized carbons (Fsp3) is 0.875. The highest BCUT2D eigenvalue weighted by Gasteiger charge is 2.43. The van der Waals surface area contributed by atoms with E-state index >= 15 is 0 Å². The number of nitrogens with one attached hydrogen (secondary N) is 1. The van der Waals surface area contributed by atoms with Crippen LogP contribution in [0.25, 0.3) is 10.4 Å². The SMILES string of the molecule is CC(=O)N[C@@H]1C(O)OC(CN=[N+]=[N-])[C@@H](O)C1O. The molecule has 0 aromatic heterocycles. The number of rotatable bonds is 3. The Kier molecular flexibility index (Phi) is 4.67. The van der Waals surface area contributed by atoms with E-state index in [-0.39, 0.29) is 6.54 Å². The lowest BCUT2D eigenvalue weighted by atomic mass is 9.97. The zero-order valence-electron chi connectivity index (χ0n) is 9.09. The largest absolute Gasteiger partial charge is 0.388 e. The molecule has 1 amide bonds. The van der Waals surface area contributed by atoms with Crippen molar-refractivity contribution >= 4 is 5.91 Å². The van der Waals surface area contributed by atoms with Gasteiger partial charge in [0.1, 0.15) is 18.2 Å². The van der Waals surface area contributed by atoms with Gasteiger partial charge in [-0.2, -0.15) is 0 Å². The summed E-state index contributed by atoms with van der Waals surface area (Å²) >= 11 is 0. The number of nitrogens with zero attached hydrogens (tertiary/aromatic N) is 3. The Morgan fingerprint density at radius 1 is 1.47 bits per heavy atom. The number of hydrogen-bond donors (Lipinski definition) is 4. The highest BCUT2D eigenvalue weighted by molar-refractivity contribution is 5.73. The van der Waals surface area contributed by atoms with Crippen LogP contribution >= 0.6 is 0 Å². The minimum Gasteiger partial charge on any atom is -0.388 e. The normalized spacial score (nSPS) is 37.1. The van der Waals surface area contributed by atoms with Crippen molar-refractivity contribution < 1.29 is 24.9 Å². The van der Waals surface area contributed by atoms with Crippen LogP contribution in [-0.2, 0) is 9.53 Å². The fourth-order valence-corrected chi connectivity index (χ4v) is 1.60. The Balaban J connectivity index is 2.71. The van der Waals surface area contributed by atoms with Crippen LogP contribution in [0.15, 0.2) is 5.11 Å². The number of aliphatic hydroxyl groups excluding tert-OH is 3. The molecule has 1 aliphatic heterocycles. The van der Waals surface area contributed by atoms with Gasteiger partial charge in [0.2, 0.25) is 5.91 Å². The van der Waals surface area contributed by atoms with Crippen LogP contribution < -0.4 is 5.32 Å². The van der Waals surface area contributed by atoms with E-state index in [1.165, 1.54) is 6.92 Å². The minimum atomic E-state index is -1.48. The van der Waals surface area contributed by atoms with Crippen molar-refractivity contribution in [2.45, 2.75) is 37.6 Å². The quantitative estimate of drug-likeness (QED) is 0.264. The van der Waals surface area contributed by atoms with Crippen LogP contribution in [0, 0.1) is 0 Å². The van der Waals surface area contributed by atoms with Gasteiger partial charge in [0.05, 0.1) is 12.6 Å². The Morgan fingerprint density at radius 2 is 2.12 bits per heavy atom. The first-order valence-electron chi connectivity index (χ1n) is 4.95. The fourth-order valence-electron chi connectivity index (χ4n) is 1.60. The van der Waals surface area contributed by atoms with Gasteiger partial charge in [-0.15, -0.1) is 0 Å². The van der Waals surface area contributed by atoms with E-state index in [4.69, 9.17) is 10.3 Å². The zero-order chi connectivity index (χ0) is 13.0. The maximum atomic E-state index is 10.8. The van der Waals surface area contributed by atoms with Crippen LogP contribution in [0.5, 0.6) is 0 Å². The molecule has 1 saturated heterocycles. The molecular weight excluding hydrogens is 232 g/mol. The smallest absolute Gasteiger partial charge is 0.217 e. The molecule has 3 unspecified atom stereocenters. The topological polar surface area (TPSA) is 148 Å². The van der Waals surface area contributed by atoms with Crippen molar-refractivity contribution in [3.63, 3.8) is 0 Å². The number of amides is 1. The molecule has 9 heteroatoms. The number of aliphatic hydroxyl groups is 3. The maximum absolute atomic E-state index is 10.8. The van der Waals surface area contributed by atoms with Crippen molar-refractivity contribution in [1.29, 1.82) is 0 Å². The van der Waals surface area contributed by atoms with Crippen molar-refractivity contribution in [2.75, 3.05) is 6.54 Å². The molecule has 0 radical (unpaired) electrons. The molecular formula is C8H14N4O5. The van der Waals surface area contributed by atoms with Gasteiger partial charge in [-0.1, -0.05) is 5.11 Å². The molecule has 1 rings (SSSR count). The molecule has 17 heavy (non-hydrogen) atoms. The molecule has 1 aliphatic rings. The van der Waals surface area contributed by atoms with Gasteiger partial charge >= 0.3 is 0 Å². The lowest BCUT2D eigenvalue weighted by Crippen LogP contribution is -2.63. The van der Waals surface area contributed by atoms with Gasteiger partial charge in [0, 0.05) is 11.8 Å². The summed E-state index contributed by atoms with van der Waals surface area (Å²) in [6, 6.07) is -1.12. The van der Waals surface area contributed by atoms with E-state index in [9.17, 15) is 20.1 Å². The van der Waals surface area contributed by atoms with E-state index < -0.39 is 36.6 Å². The predicted molar refractivity (Wildman–Crippen MR) is 54.5 cm³/mol. The van der Waals surface area contributed by atoms with Crippen LogP contribution in [0.4, 0.5) is 0 Å². The standard InChI is InChI=1S/C8H14N4O5/c1-3(13)11-5-7(15)6(14)4(2-10-12-9)17-8(5)16/h4-8,14-16H,2H2,1H3,(H,11,13)/t4?,5-,6+,7?,8?/m0/s1. The number of carbonyl (C=O) groups is 1. The second kappa shape index (κ2) is 5.80. The summed E-state index contributed by atoms with van der Waals surface area (Å²) in [4.78, 5) is 13.3. The molecule has 0 saturated carbocycles. The summed E-state index contributed by atoms with van der Waals surface area (Å²) < 4.78 is 4.95. The highest BCUT2D eigenvalue weighted by Crippen LogP contribution is 2.20. The Labute approximate surface area is 96.6 Å². The lowest BCUT2D eigenvalue weighted by Gasteiger charge is -2.40. The molecule has 1 fully saturated rings. The van der Waals surface area contributed by atoms with Gasteiger partial charge in [-0.05, 0) is 5.53 Å². The number of azide groups is 1. The molecule has 4 N–H and O–H groups in total. The van der Waals surface area contributed by atoms with Crippen molar-refractivity contribution in [3.8, 4) is 0 Å². The van der Waals surface area contributed by atoms with Crippen LogP contribution in [0.2, 0.25) is 0 Å². The van der Waals surface area contributed by atoms with Gasteiger partial charge in [-0.3, -0.25) is 4.79 Å². The molecule has 0 aromatic rings. The molecule has 5 atom stereocenters. The average molecular weight is 246 g/mol. The number of carbonyl (C=O) groups excluding carboxylic acids is 1. The average Bonchev–Trinajstić information content (AvgIpc) is 2.27. The van der Waals surface area contributed by atoms with Crippen molar-refractivity contribution in [3.05, 3.63) is 10.4 Å². The van der Waals surface area contributed by atoms with Crippen molar-refractivity contribution in [1.82, 2.24) is 5.32 Å². The van der Waals surface area contributed by atoms with Crippen LogP contribution in [0.1, 0.15) is 6.92 Å². The summed E-state index contributed by atoms with van der Waals surface area (Å²) in [5.41, 5.74) is 8.13. The summed E-state index contributed by atoms with van der Waals surface area (Å²) in [6.45, 7) is 0.983. The van der Waals surface area contributed by atoms with Crippen LogP contribution in [-0.4, -0.2) is 58.4 Å². The molecule has 96 valence electrons. The Bertz CT molecular complexity index is 332. The van der Waals surface area contributed by atoms with Crippen molar-refractivity contribution in [2.24, 2.45) is 5.11 Å². The molecule has 9 nitrogen and oxygen atoms in total. The van der Waals surface area contributed by atoms with Gasteiger partial charge in [-0.25, -0.2) is 0 Å². The third-order valence-corrected chi connectivity index (χ3v) is 2.41.